The molecule has 4 rings (SSSR count). The van der Waals surface area contributed by atoms with E-state index < -0.39 is 0 Å². The molecule has 150 valence electrons. The first-order chi connectivity index (χ1) is 14.2. The summed E-state index contributed by atoms with van der Waals surface area (Å²) in [6.45, 7) is 3.56. The van der Waals surface area contributed by atoms with Crippen molar-refractivity contribution >= 4 is 22.9 Å². The van der Waals surface area contributed by atoms with Gasteiger partial charge in [0.05, 0.1) is 17.6 Å². The fraction of sp³-hybridized carbons (Fsp3) is 0.348. The molecule has 0 aliphatic carbocycles. The first-order valence-corrected chi connectivity index (χ1v) is 10.1. The quantitative estimate of drug-likeness (QED) is 0.581. The molecule has 0 N–H and O–H groups in total. The lowest BCUT2D eigenvalue weighted by Crippen LogP contribution is -2.27. The largest absolute Gasteiger partial charge is 0.465 e. The van der Waals surface area contributed by atoms with Crippen molar-refractivity contribution in [2.24, 2.45) is 0 Å². The number of esters is 1. The van der Waals surface area contributed by atoms with Gasteiger partial charge in [0, 0.05) is 25.4 Å². The number of rotatable bonds is 7. The van der Waals surface area contributed by atoms with Gasteiger partial charge >= 0.3 is 5.97 Å². The highest BCUT2D eigenvalue weighted by molar-refractivity contribution is 5.82. The molecule has 0 saturated carbocycles. The van der Waals surface area contributed by atoms with Crippen LogP contribution in [-0.2, 0) is 27.3 Å². The lowest BCUT2D eigenvalue weighted by molar-refractivity contribution is -0.143. The molecule has 1 atom stereocenters. The second kappa shape index (κ2) is 8.47. The van der Waals surface area contributed by atoms with E-state index in [-0.39, 0.29) is 24.3 Å². The van der Waals surface area contributed by atoms with Crippen LogP contribution < -0.4 is 0 Å². The molecule has 1 amide bonds. The maximum Gasteiger partial charge on any atom is 0.326 e. The molecule has 1 saturated heterocycles. The smallest absolute Gasteiger partial charge is 0.326 e. The summed E-state index contributed by atoms with van der Waals surface area (Å²) >= 11 is 0. The van der Waals surface area contributed by atoms with Crippen LogP contribution in [-0.4, -0.2) is 46.0 Å². The van der Waals surface area contributed by atoms with E-state index in [1.54, 1.807) is 6.92 Å². The van der Waals surface area contributed by atoms with Crippen LogP contribution in [0.25, 0.3) is 11.0 Å². The zero-order valence-corrected chi connectivity index (χ0v) is 16.6. The number of nitrogens with zero attached hydrogens (tertiary/aromatic N) is 3. The van der Waals surface area contributed by atoms with E-state index in [4.69, 9.17) is 9.72 Å². The van der Waals surface area contributed by atoms with E-state index in [0.717, 1.165) is 23.3 Å². The van der Waals surface area contributed by atoms with Crippen LogP contribution in [0.1, 0.15) is 30.7 Å². The number of carbonyl (C=O) groups excluding carboxylic acids is 2. The number of carbonyl (C=O) groups is 2. The highest BCUT2D eigenvalue weighted by atomic mass is 16.5. The minimum atomic E-state index is -0.290. The Bertz CT molecular complexity index is 1010. The average Bonchev–Trinajstić information content (AvgIpc) is 3.28. The summed E-state index contributed by atoms with van der Waals surface area (Å²) in [5.41, 5.74) is 2.95. The van der Waals surface area contributed by atoms with E-state index >= 15 is 0 Å². The lowest BCUT2D eigenvalue weighted by atomic mass is 10.1. The first-order valence-electron chi connectivity index (χ1n) is 10.1. The van der Waals surface area contributed by atoms with Crippen LogP contribution in [0, 0.1) is 0 Å². The number of para-hydroxylation sites is 2. The number of hydrogen-bond acceptors (Lipinski definition) is 4. The van der Waals surface area contributed by atoms with E-state index in [0.29, 0.717) is 26.1 Å². The Balaban J connectivity index is 1.54. The summed E-state index contributed by atoms with van der Waals surface area (Å²) in [7, 11) is 0. The maximum absolute atomic E-state index is 12.6. The third kappa shape index (κ3) is 4.16. The number of fused-ring (bicyclic) bond motifs is 1. The molecule has 29 heavy (non-hydrogen) atoms. The van der Waals surface area contributed by atoms with Gasteiger partial charge in [-0.25, -0.2) is 4.98 Å². The van der Waals surface area contributed by atoms with Crippen LogP contribution >= 0.6 is 0 Å². The van der Waals surface area contributed by atoms with E-state index in [1.165, 1.54) is 5.56 Å². The van der Waals surface area contributed by atoms with Gasteiger partial charge in [-0.1, -0.05) is 42.5 Å². The number of imidazole rings is 1. The number of hydrogen-bond donors (Lipinski definition) is 0. The molecule has 6 nitrogen and oxygen atoms in total. The second-order valence-electron chi connectivity index (χ2n) is 7.33. The molecule has 1 aromatic heterocycles. The van der Waals surface area contributed by atoms with E-state index in [2.05, 4.69) is 12.1 Å². The average molecular weight is 391 g/mol. The fourth-order valence-corrected chi connectivity index (χ4v) is 3.98. The first kappa shape index (κ1) is 19.2. The van der Waals surface area contributed by atoms with Crippen LogP contribution in [0.2, 0.25) is 0 Å². The molecule has 1 fully saturated rings. The molecule has 1 unspecified atom stereocenters. The summed E-state index contributed by atoms with van der Waals surface area (Å²) < 4.78 is 7.06. The van der Waals surface area contributed by atoms with Gasteiger partial charge in [0.15, 0.2) is 0 Å². The third-order valence-electron chi connectivity index (χ3n) is 5.37. The van der Waals surface area contributed by atoms with Gasteiger partial charge in [-0.2, -0.15) is 0 Å². The van der Waals surface area contributed by atoms with Crippen molar-refractivity contribution in [3.63, 3.8) is 0 Å². The van der Waals surface area contributed by atoms with Crippen molar-refractivity contribution in [1.82, 2.24) is 14.5 Å². The molecule has 1 aliphatic heterocycles. The Labute approximate surface area is 170 Å². The molecule has 6 heteroatoms. The molecule has 2 heterocycles. The van der Waals surface area contributed by atoms with Gasteiger partial charge < -0.3 is 14.2 Å². The Hall–Kier alpha value is -3.15. The zero-order chi connectivity index (χ0) is 20.2. The fourth-order valence-electron chi connectivity index (χ4n) is 3.98. The highest BCUT2D eigenvalue weighted by Crippen LogP contribution is 2.30. The molecule has 3 aromatic rings. The molecular weight excluding hydrogens is 366 g/mol. The molecular formula is C23H25N3O3. The van der Waals surface area contributed by atoms with Gasteiger partial charge in [0.2, 0.25) is 5.91 Å². The topological polar surface area (TPSA) is 64.4 Å². The Morgan fingerprint density at radius 2 is 1.90 bits per heavy atom. The minimum Gasteiger partial charge on any atom is -0.465 e. The van der Waals surface area contributed by atoms with E-state index in [1.807, 2.05) is 51.9 Å². The van der Waals surface area contributed by atoms with Gasteiger partial charge in [-0.15, -0.1) is 0 Å². The monoisotopic (exact) mass is 391 g/mol. The second-order valence-corrected chi connectivity index (χ2v) is 7.33. The van der Waals surface area contributed by atoms with Crippen molar-refractivity contribution < 1.29 is 14.3 Å². The van der Waals surface area contributed by atoms with Gasteiger partial charge in [0.1, 0.15) is 12.4 Å². The predicted molar refractivity (Wildman–Crippen MR) is 110 cm³/mol. The summed E-state index contributed by atoms with van der Waals surface area (Å²) in [5, 5.41) is 0. The molecule has 2 aromatic carbocycles. The van der Waals surface area contributed by atoms with Gasteiger partial charge in [0.25, 0.3) is 0 Å². The third-order valence-corrected chi connectivity index (χ3v) is 5.37. The summed E-state index contributed by atoms with van der Waals surface area (Å²) in [4.78, 5) is 31.5. The van der Waals surface area contributed by atoms with Gasteiger partial charge in [-0.3, -0.25) is 9.59 Å². The number of benzene rings is 2. The van der Waals surface area contributed by atoms with Crippen molar-refractivity contribution in [1.29, 1.82) is 0 Å². The highest BCUT2D eigenvalue weighted by Gasteiger charge is 2.34. The molecule has 0 bridgehead atoms. The lowest BCUT2D eigenvalue weighted by Gasteiger charge is -2.17. The van der Waals surface area contributed by atoms with Crippen LogP contribution in [0.5, 0.6) is 0 Å². The number of amides is 1. The van der Waals surface area contributed by atoms with Crippen LogP contribution in [0.15, 0.2) is 54.6 Å². The van der Waals surface area contributed by atoms with Crippen LogP contribution in [0.4, 0.5) is 0 Å². The number of aromatic nitrogens is 2. The Morgan fingerprint density at radius 1 is 1.14 bits per heavy atom. The predicted octanol–water partition coefficient (Wildman–Crippen LogP) is 3.16. The van der Waals surface area contributed by atoms with Crippen molar-refractivity contribution in [2.45, 2.75) is 32.2 Å². The molecule has 0 spiro atoms. The Morgan fingerprint density at radius 3 is 2.69 bits per heavy atom. The molecule has 0 radical (unpaired) electrons. The van der Waals surface area contributed by atoms with E-state index in [9.17, 15) is 9.59 Å². The molecule has 1 aliphatic rings. The standard InChI is InChI=1S/C23H25N3O3/c1-2-29-22(28)16-26-20-11-7-6-10-19(20)24-23(26)18-14-21(27)25(15-18)13-12-17-8-4-3-5-9-17/h3-11,18H,2,12-16H2,1H3. The number of ether oxygens (including phenoxy) is 1. The summed E-state index contributed by atoms with van der Waals surface area (Å²) in [5.74, 6) is 0.609. The normalized spacial score (nSPS) is 16.5. The van der Waals surface area contributed by atoms with Crippen LogP contribution in [0.3, 0.4) is 0 Å². The van der Waals surface area contributed by atoms with Crippen molar-refractivity contribution in [3.05, 3.63) is 66.0 Å². The maximum atomic E-state index is 12.6. The summed E-state index contributed by atoms with van der Waals surface area (Å²) in [6.07, 6.45) is 1.25. The zero-order valence-electron chi connectivity index (χ0n) is 16.6. The summed E-state index contributed by atoms with van der Waals surface area (Å²) in [6, 6.07) is 17.9. The van der Waals surface area contributed by atoms with Crippen molar-refractivity contribution in [3.8, 4) is 0 Å². The number of likely N-dealkylation sites (tertiary alicyclic amines) is 1. The van der Waals surface area contributed by atoms with Crippen molar-refractivity contribution in [2.75, 3.05) is 19.7 Å². The minimum absolute atomic E-state index is 0.0277. The Kier molecular flexibility index (Phi) is 5.60. The SMILES string of the molecule is CCOC(=O)Cn1c(C2CC(=O)N(CCc3ccccc3)C2)nc2ccccc21. The van der Waals surface area contributed by atoms with Gasteiger partial charge in [-0.05, 0) is 31.0 Å².